The van der Waals surface area contributed by atoms with E-state index < -0.39 is 0 Å². The van der Waals surface area contributed by atoms with Gasteiger partial charge in [0, 0.05) is 4.47 Å². The third-order valence-corrected chi connectivity index (χ3v) is 4.24. The molecule has 0 saturated carbocycles. The van der Waals surface area contributed by atoms with Crippen LogP contribution < -0.4 is 11.3 Å². The van der Waals surface area contributed by atoms with Gasteiger partial charge in [0.25, 0.3) is 0 Å². The molecule has 0 aromatic heterocycles. The molecule has 0 aliphatic rings. The van der Waals surface area contributed by atoms with Crippen molar-refractivity contribution in [1.29, 1.82) is 0 Å². The molecule has 0 spiro atoms. The Kier molecular flexibility index (Phi) is 4.97. The number of aryl methyl sites for hydroxylation is 3. The summed E-state index contributed by atoms with van der Waals surface area (Å²) < 4.78 is 1.08. The molecule has 2 rings (SSSR count). The fraction of sp³-hybridized carbons (Fsp3) is 0.294. The summed E-state index contributed by atoms with van der Waals surface area (Å²) >= 11 is 3.54. The zero-order chi connectivity index (χ0) is 14.7. The number of hydrazine groups is 1. The van der Waals surface area contributed by atoms with Crippen LogP contribution in [0.5, 0.6) is 0 Å². The van der Waals surface area contributed by atoms with Crippen molar-refractivity contribution in [2.24, 2.45) is 5.84 Å². The quantitative estimate of drug-likeness (QED) is 0.652. The summed E-state index contributed by atoms with van der Waals surface area (Å²) in [5.41, 5.74) is 9.38. The predicted molar refractivity (Wildman–Crippen MR) is 88.6 cm³/mol. The summed E-state index contributed by atoms with van der Waals surface area (Å²) in [4.78, 5) is 0. The molecule has 0 fully saturated rings. The minimum Gasteiger partial charge on any atom is -0.271 e. The lowest BCUT2D eigenvalue weighted by atomic mass is 9.93. The monoisotopic (exact) mass is 332 g/mol. The van der Waals surface area contributed by atoms with Crippen LogP contribution in [0.4, 0.5) is 0 Å². The largest absolute Gasteiger partial charge is 0.271 e. The SMILES string of the molecule is Cc1ccc(C)c(CC(NN)c2cc(Br)ccc2C)c1. The molecule has 2 nitrogen and oxygen atoms in total. The smallest absolute Gasteiger partial charge is 0.0503 e. The topological polar surface area (TPSA) is 38.0 Å². The molecule has 0 saturated heterocycles. The number of halogens is 1. The lowest BCUT2D eigenvalue weighted by molar-refractivity contribution is 0.548. The Morgan fingerprint density at radius 2 is 1.75 bits per heavy atom. The van der Waals surface area contributed by atoms with Crippen LogP contribution in [-0.4, -0.2) is 0 Å². The fourth-order valence-electron chi connectivity index (χ4n) is 2.49. The molecule has 0 radical (unpaired) electrons. The van der Waals surface area contributed by atoms with E-state index >= 15 is 0 Å². The summed E-state index contributed by atoms with van der Waals surface area (Å²) in [6.07, 6.45) is 0.890. The minimum absolute atomic E-state index is 0.119. The lowest BCUT2D eigenvalue weighted by Crippen LogP contribution is -2.30. The van der Waals surface area contributed by atoms with Crippen LogP contribution in [0.1, 0.15) is 33.9 Å². The van der Waals surface area contributed by atoms with E-state index in [9.17, 15) is 0 Å². The highest BCUT2D eigenvalue weighted by molar-refractivity contribution is 9.10. The van der Waals surface area contributed by atoms with Crippen LogP contribution in [0.2, 0.25) is 0 Å². The minimum atomic E-state index is 0.119. The van der Waals surface area contributed by atoms with E-state index in [-0.39, 0.29) is 6.04 Å². The predicted octanol–water partition coefficient (Wildman–Crippen LogP) is 4.12. The maximum Gasteiger partial charge on any atom is 0.0503 e. The van der Waals surface area contributed by atoms with E-state index in [1.807, 2.05) is 0 Å². The van der Waals surface area contributed by atoms with Gasteiger partial charge in [0.15, 0.2) is 0 Å². The van der Waals surface area contributed by atoms with Gasteiger partial charge < -0.3 is 0 Å². The number of nitrogens with one attached hydrogen (secondary N) is 1. The van der Waals surface area contributed by atoms with Gasteiger partial charge in [0.2, 0.25) is 0 Å². The number of hydrogen-bond acceptors (Lipinski definition) is 2. The fourth-order valence-corrected chi connectivity index (χ4v) is 2.86. The second-order valence-corrected chi connectivity index (χ2v) is 6.27. The standard InChI is InChI=1S/C17H21BrN2/c1-11-4-5-12(2)14(8-11)9-17(20-19)16-10-15(18)7-6-13(16)3/h4-8,10,17,20H,9,19H2,1-3H3. The Bertz CT molecular complexity index is 608. The van der Waals surface area contributed by atoms with Crippen molar-refractivity contribution in [3.63, 3.8) is 0 Å². The van der Waals surface area contributed by atoms with Crippen LogP contribution in [0, 0.1) is 20.8 Å². The van der Waals surface area contributed by atoms with Crippen molar-refractivity contribution >= 4 is 15.9 Å². The number of benzene rings is 2. The van der Waals surface area contributed by atoms with Gasteiger partial charge in [-0.25, -0.2) is 0 Å². The van der Waals surface area contributed by atoms with E-state index in [0.29, 0.717) is 0 Å². The van der Waals surface area contributed by atoms with Crippen molar-refractivity contribution in [3.8, 4) is 0 Å². The number of rotatable bonds is 4. The Labute approximate surface area is 129 Å². The van der Waals surface area contributed by atoms with E-state index in [1.165, 1.54) is 27.8 Å². The zero-order valence-electron chi connectivity index (χ0n) is 12.2. The van der Waals surface area contributed by atoms with Crippen LogP contribution in [0.15, 0.2) is 40.9 Å². The van der Waals surface area contributed by atoms with Gasteiger partial charge >= 0.3 is 0 Å². The van der Waals surface area contributed by atoms with Gasteiger partial charge in [0.1, 0.15) is 0 Å². The van der Waals surface area contributed by atoms with Gasteiger partial charge in [-0.15, -0.1) is 0 Å². The van der Waals surface area contributed by atoms with Crippen molar-refractivity contribution in [1.82, 2.24) is 5.43 Å². The average Bonchev–Trinajstić information content (AvgIpc) is 2.42. The second kappa shape index (κ2) is 6.53. The second-order valence-electron chi connectivity index (χ2n) is 5.35. The summed E-state index contributed by atoms with van der Waals surface area (Å²) in [7, 11) is 0. The highest BCUT2D eigenvalue weighted by Gasteiger charge is 2.14. The number of hydrogen-bond donors (Lipinski definition) is 2. The van der Waals surface area contributed by atoms with E-state index in [2.05, 4.69) is 78.5 Å². The van der Waals surface area contributed by atoms with Gasteiger partial charge in [0.05, 0.1) is 6.04 Å². The normalized spacial score (nSPS) is 12.4. The lowest BCUT2D eigenvalue weighted by Gasteiger charge is -2.20. The van der Waals surface area contributed by atoms with Crippen molar-refractivity contribution in [2.75, 3.05) is 0 Å². The highest BCUT2D eigenvalue weighted by atomic mass is 79.9. The Morgan fingerprint density at radius 1 is 1.05 bits per heavy atom. The third kappa shape index (κ3) is 3.48. The molecule has 3 N–H and O–H groups in total. The Balaban J connectivity index is 2.33. The maximum atomic E-state index is 5.79. The van der Waals surface area contributed by atoms with Gasteiger partial charge in [-0.1, -0.05) is 45.8 Å². The van der Waals surface area contributed by atoms with Gasteiger partial charge in [-0.2, -0.15) is 0 Å². The molecular formula is C17H21BrN2. The molecule has 1 unspecified atom stereocenters. The number of nitrogens with two attached hydrogens (primary N) is 1. The summed E-state index contributed by atoms with van der Waals surface area (Å²) in [5, 5.41) is 0. The highest BCUT2D eigenvalue weighted by Crippen LogP contribution is 2.26. The van der Waals surface area contributed by atoms with Crippen LogP contribution in [-0.2, 0) is 6.42 Å². The summed E-state index contributed by atoms with van der Waals surface area (Å²) in [5.74, 6) is 5.79. The van der Waals surface area contributed by atoms with Crippen LogP contribution in [0.3, 0.4) is 0 Å². The first-order valence-corrected chi connectivity index (χ1v) is 7.59. The third-order valence-electron chi connectivity index (χ3n) is 3.75. The molecule has 1 atom stereocenters. The molecular weight excluding hydrogens is 312 g/mol. The molecule has 2 aromatic carbocycles. The molecule has 0 bridgehead atoms. The zero-order valence-corrected chi connectivity index (χ0v) is 13.8. The summed E-state index contributed by atoms with van der Waals surface area (Å²) in [6.45, 7) is 6.39. The maximum absolute atomic E-state index is 5.79. The molecule has 0 aliphatic heterocycles. The molecule has 106 valence electrons. The van der Waals surface area contributed by atoms with E-state index in [1.54, 1.807) is 0 Å². The molecule has 0 amide bonds. The van der Waals surface area contributed by atoms with Gasteiger partial charge in [-0.05, 0) is 61.6 Å². The van der Waals surface area contributed by atoms with Crippen LogP contribution in [0.25, 0.3) is 0 Å². The Morgan fingerprint density at radius 3 is 2.45 bits per heavy atom. The van der Waals surface area contributed by atoms with E-state index in [0.717, 1.165) is 10.9 Å². The summed E-state index contributed by atoms with van der Waals surface area (Å²) in [6, 6.07) is 13.0. The Hall–Kier alpha value is -1.16. The van der Waals surface area contributed by atoms with Crippen molar-refractivity contribution < 1.29 is 0 Å². The molecule has 0 aliphatic carbocycles. The first kappa shape index (κ1) is 15.2. The first-order valence-electron chi connectivity index (χ1n) is 6.79. The molecule has 0 heterocycles. The molecule has 3 heteroatoms. The van der Waals surface area contributed by atoms with Crippen LogP contribution >= 0.6 is 15.9 Å². The van der Waals surface area contributed by atoms with E-state index in [4.69, 9.17) is 5.84 Å². The van der Waals surface area contributed by atoms with Crippen molar-refractivity contribution in [3.05, 3.63) is 68.7 Å². The van der Waals surface area contributed by atoms with Gasteiger partial charge in [-0.3, -0.25) is 11.3 Å². The molecule has 2 aromatic rings. The average molecular weight is 333 g/mol. The first-order chi connectivity index (χ1) is 9.51. The molecule has 20 heavy (non-hydrogen) atoms. The van der Waals surface area contributed by atoms with Crippen molar-refractivity contribution in [2.45, 2.75) is 33.2 Å².